The van der Waals surface area contributed by atoms with Crippen LogP contribution in [0.5, 0.6) is 0 Å². The second kappa shape index (κ2) is 7.41. The summed E-state index contributed by atoms with van der Waals surface area (Å²) in [6.45, 7) is 5.27. The lowest BCUT2D eigenvalue weighted by Crippen LogP contribution is -2.32. The molecule has 0 radical (unpaired) electrons. The van der Waals surface area contributed by atoms with Crippen LogP contribution in [0.2, 0.25) is 10.0 Å². The number of carbonyl (C=O) groups is 3. The summed E-state index contributed by atoms with van der Waals surface area (Å²) in [5.74, 6) is -3.20. The van der Waals surface area contributed by atoms with Crippen molar-refractivity contribution in [2.24, 2.45) is 11.8 Å². The van der Waals surface area contributed by atoms with Crippen molar-refractivity contribution < 1.29 is 14.4 Å². The van der Waals surface area contributed by atoms with Crippen molar-refractivity contribution in [2.75, 3.05) is 4.90 Å². The Kier molecular flexibility index (Phi) is 5.36. The number of aromatic nitrogens is 1. The van der Waals surface area contributed by atoms with E-state index in [0.29, 0.717) is 21.3 Å². The number of pyridine rings is 1. The average molecular weight is 405 g/mol. The van der Waals surface area contributed by atoms with Gasteiger partial charge in [0.2, 0.25) is 5.78 Å². The number of carbonyl (C=O) groups excluding carboxylic acids is 3. The number of amides is 1. The van der Waals surface area contributed by atoms with Gasteiger partial charge in [-0.2, -0.15) is 0 Å². The smallest absolute Gasteiger partial charge is 0.295 e. The fourth-order valence-corrected chi connectivity index (χ4v) is 3.81. The van der Waals surface area contributed by atoms with E-state index in [1.165, 1.54) is 17.3 Å². The third kappa shape index (κ3) is 3.49. The number of aryl methyl sites for hydroxylation is 1. The Morgan fingerprint density at radius 1 is 1.11 bits per heavy atom. The topological polar surface area (TPSA) is 67.3 Å². The van der Waals surface area contributed by atoms with Gasteiger partial charge in [-0.25, -0.2) is 0 Å². The minimum Gasteiger partial charge on any atom is -0.298 e. The lowest BCUT2D eigenvalue weighted by molar-refractivity contribution is -0.139. The lowest BCUT2D eigenvalue weighted by Gasteiger charge is -2.29. The van der Waals surface area contributed by atoms with Crippen LogP contribution in [0.4, 0.5) is 5.69 Å². The molecule has 0 N–H and O–H groups in total. The molecule has 1 saturated heterocycles. The van der Waals surface area contributed by atoms with Gasteiger partial charge in [-0.3, -0.25) is 24.3 Å². The molecule has 0 saturated carbocycles. The third-order valence-corrected chi connectivity index (χ3v) is 5.14. The van der Waals surface area contributed by atoms with E-state index in [1.54, 1.807) is 38.1 Å². The van der Waals surface area contributed by atoms with Crippen LogP contribution in [0, 0.1) is 18.8 Å². The summed E-state index contributed by atoms with van der Waals surface area (Å²) in [4.78, 5) is 43.8. The Morgan fingerprint density at radius 2 is 1.81 bits per heavy atom. The molecule has 1 amide bonds. The predicted molar refractivity (Wildman–Crippen MR) is 104 cm³/mol. The van der Waals surface area contributed by atoms with E-state index in [-0.39, 0.29) is 11.7 Å². The van der Waals surface area contributed by atoms with Crippen LogP contribution in [-0.2, 0) is 14.4 Å². The summed E-state index contributed by atoms with van der Waals surface area (Å²) in [6.07, 6.45) is 2.89. The van der Waals surface area contributed by atoms with E-state index in [2.05, 4.69) is 4.98 Å². The maximum atomic E-state index is 12.8. The van der Waals surface area contributed by atoms with Crippen molar-refractivity contribution in [3.8, 4) is 0 Å². The first-order valence-electron chi connectivity index (χ1n) is 8.50. The highest BCUT2D eigenvalue weighted by atomic mass is 35.5. The molecule has 5 nitrogen and oxygen atoms in total. The maximum Gasteiger partial charge on any atom is 0.295 e. The van der Waals surface area contributed by atoms with Gasteiger partial charge in [0.15, 0.2) is 0 Å². The average Bonchev–Trinajstić information content (AvgIpc) is 2.85. The second-order valence-electron chi connectivity index (χ2n) is 6.88. The normalized spacial score (nSPS) is 19.9. The highest BCUT2D eigenvalue weighted by Crippen LogP contribution is 2.42. The Labute approximate surface area is 167 Å². The van der Waals surface area contributed by atoms with Crippen LogP contribution in [-0.4, -0.2) is 22.5 Å². The monoisotopic (exact) mass is 404 g/mol. The van der Waals surface area contributed by atoms with Crippen molar-refractivity contribution in [1.82, 2.24) is 4.98 Å². The molecule has 1 aromatic carbocycles. The molecular weight excluding hydrogens is 387 g/mol. The summed E-state index contributed by atoms with van der Waals surface area (Å²) < 4.78 is 0. The van der Waals surface area contributed by atoms with Crippen LogP contribution in [0.25, 0.3) is 0 Å². The quantitative estimate of drug-likeness (QED) is 0.565. The Hall–Kier alpha value is -2.24. The predicted octanol–water partition coefficient (Wildman–Crippen LogP) is 4.20. The van der Waals surface area contributed by atoms with Crippen LogP contribution < -0.4 is 4.90 Å². The third-order valence-electron chi connectivity index (χ3n) is 4.70. The largest absolute Gasteiger partial charge is 0.298 e. The minimum atomic E-state index is -1.09. The number of benzene rings is 1. The van der Waals surface area contributed by atoms with Gasteiger partial charge in [-0.15, -0.1) is 0 Å². The number of hydrogen-bond donors (Lipinski definition) is 0. The molecule has 2 atom stereocenters. The first-order chi connectivity index (χ1) is 12.7. The molecule has 1 aliphatic heterocycles. The Morgan fingerprint density at radius 3 is 2.41 bits per heavy atom. The first kappa shape index (κ1) is 19.5. The van der Waals surface area contributed by atoms with Gasteiger partial charge in [-0.05, 0) is 36.2 Å². The van der Waals surface area contributed by atoms with Crippen LogP contribution in [0.15, 0.2) is 36.7 Å². The molecule has 1 aromatic heterocycles. The summed E-state index contributed by atoms with van der Waals surface area (Å²) in [6, 6.07) is 5.97. The van der Waals surface area contributed by atoms with Crippen molar-refractivity contribution in [3.63, 3.8) is 0 Å². The molecule has 7 heteroatoms. The summed E-state index contributed by atoms with van der Waals surface area (Å²) in [5, 5.41) is 0.868. The molecule has 2 aromatic rings. The molecule has 27 heavy (non-hydrogen) atoms. The number of ketones is 2. The summed E-state index contributed by atoms with van der Waals surface area (Å²) >= 11 is 12.1. The fourth-order valence-electron chi connectivity index (χ4n) is 3.41. The second-order valence-corrected chi connectivity index (χ2v) is 7.75. The first-order valence-corrected chi connectivity index (χ1v) is 9.25. The van der Waals surface area contributed by atoms with Gasteiger partial charge in [0.1, 0.15) is 11.7 Å². The summed E-state index contributed by atoms with van der Waals surface area (Å²) in [5.41, 5.74) is 1.85. The zero-order valence-corrected chi connectivity index (χ0v) is 16.6. The van der Waals surface area contributed by atoms with E-state index in [1.807, 2.05) is 6.92 Å². The zero-order chi connectivity index (χ0) is 19.9. The van der Waals surface area contributed by atoms with E-state index in [0.717, 1.165) is 5.56 Å². The minimum absolute atomic E-state index is 0.273. The molecule has 3 rings (SSSR count). The van der Waals surface area contributed by atoms with E-state index < -0.39 is 23.7 Å². The highest BCUT2D eigenvalue weighted by molar-refractivity contribution is 6.48. The number of nitrogens with zero attached hydrogens (tertiary/aromatic N) is 2. The zero-order valence-electron chi connectivity index (χ0n) is 15.1. The number of anilines is 1. The van der Waals surface area contributed by atoms with Crippen LogP contribution in [0.1, 0.15) is 31.0 Å². The number of hydrogen-bond acceptors (Lipinski definition) is 4. The molecule has 2 heterocycles. The molecular formula is C20H18Cl2N2O3. The van der Waals surface area contributed by atoms with Crippen molar-refractivity contribution in [1.29, 1.82) is 0 Å². The van der Waals surface area contributed by atoms with Crippen molar-refractivity contribution >= 4 is 46.4 Å². The van der Waals surface area contributed by atoms with Crippen molar-refractivity contribution in [3.05, 3.63) is 57.8 Å². The Balaban J connectivity index is 2.22. The van der Waals surface area contributed by atoms with E-state index in [9.17, 15) is 14.4 Å². The molecule has 0 spiro atoms. The number of halogens is 2. The van der Waals surface area contributed by atoms with Crippen LogP contribution >= 0.6 is 23.2 Å². The lowest BCUT2D eigenvalue weighted by atomic mass is 9.83. The van der Waals surface area contributed by atoms with Gasteiger partial charge in [0, 0.05) is 17.1 Å². The summed E-state index contributed by atoms with van der Waals surface area (Å²) in [7, 11) is 0. The van der Waals surface area contributed by atoms with E-state index in [4.69, 9.17) is 23.2 Å². The molecule has 1 fully saturated rings. The molecule has 1 aliphatic rings. The van der Waals surface area contributed by atoms with Gasteiger partial charge >= 0.3 is 0 Å². The fraction of sp³-hybridized carbons (Fsp3) is 0.300. The maximum absolute atomic E-state index is 12.8. The van der Waals surface area contributed by atoms with Gasteiger partial charge in [0.25, 0.3) is 5.91 Å². The van der Waals surface area contributed by atoms with Gasteiger partial charge in [0.05, 0.1) is 22.9 Å². The van der Waals surface area contributed by atoms with E-state index >= 15 is 0 Å². The van der Waals surface area contributed by atoms with Gasteiger partial charge in [-0.1, -0.05) is 43.1 Å². The molecule has 0 aliphatic carbocycles. The number of Topliss-reactive ketones (excluding diaryl/α,β-unsaturated/α-hetero) is 2. The van der Waals surface area contributed by atoms with Gasteiger partial charge < -0.3 is 0 Å². The molecule has 0 bridgehead atoms. The SMILES string of the molecule is Cc1cc(Cl)ccc1C1C(C(=O)C(C)C)C(=O)C(=O)N1c1cncc(Cl)c1. The Bertz CT molecular complexity index is 943. The molecule has 2 unspecified atom stereocenters. The van der Waals surface area contributed by atoms with Crippen LogP contribution in [0.3, 0.4) is 0 Å². The number of rotatable bonds is 4. The van der Waals surface area contributed by atoms with Crippen molar-refractivity contribution in [2.45, 2.75) is 26.8 Å². The standard InChI is InChI=1S/C20H18Cl2N2O3/c1-10(2)18(25)16-17(15-5-4-12(21)6-11(15)3)24(20(27)19(16)26)14-7-13(22)8-23-9-14/h4-10,16-17H,1-3H3. The highest BCUT2D eigenvalue weighted by Gasteiger charge is 2.52. The molecule has 140 valence electrons.